The van der Waals surface area contributed by atoms with Gasteiger partial charge in [0.15, 0.2) is 6.10 Å². The molecule has 0 rings (SSSR count). The fourth-order valence-corrected chi connectivity index (χ4v) is 8.31. The van der Waals surface area contributed by atoms with E-state index in [9.17, 15) is 14.4 Å². The largest absolute Gasteiger partial charge is 0.462 e. The summed E-state index contributed by atoms with van der Waals surface area (Å²) in [5, 5.41) is 0. The fraction of sp³-hybridized carbons (Fsp3) is 0.911. The molecule has 0 saturated carbocycles. The summed E-state index contributed by atoms with van der Waals surface area (Å²) < 4.78 is 16.7. The van der Waals surface area contributed by atoms with Crippen LogP contribution in [0.1, 0.15) is 310 Å². The lowest BCUT2D eigenvalue weighted by atomic mass is 10.0. The average molecular weight is 875 g/mol. The number of esters is 3. The highest BCUT2D eigenvalue weighted by Gasteiger charge is 2.19. The van der Waals surface area contributed by atoms with Crippen molar-refractivity contribution in [3.8, 4) is 0 Å². The molecule has 0 aliphatic rings. The van der Waals surface area contributed by atoms with Crippen LogP contribution in [0, 0.1) is 0 Å². The predicted molar refractivity (Wildman–Crippen MR) is 266 cm³/mol. The Morgan fingerprint density at radius 2 is 0.548 bits per heavy atom. The zero-order chi connectivity index (χ0) is 45.1. The normalized spacial score (nSPS) is 12.0. The maximum Gasteiger partial charge on any atom is 0.306 e. The Bertz CT molecular complexity index is 962. The van der Waals surface area contributed by atoms with E-state index in [1.54, 1.807) is 0 Å². The average Bonchev–Trinajstić information content (AvgIpc) is 3.27. The first kappa shape index (κ1) is 60.2. The molecule has 0 saturated heterocycles. The van der Waals surface area contributed by atoms with Crippen molar-refractivity contribution >= 4 is 17.9 Å². The van der Waals surface area contributed by atoms with E-state index in [0.717, 1.165) is 64.2 Å². The van der Waals surface area contributed by atoms with Crippen molar-refractivity contribution < 1.29 is 28.6 Å². The summed E-state index contributed by atoms with van der Waals surface area (Å²) in [5.74, 6) is -0.867. The van der Waals surface area contributed by atoms with Crippen LogP contribution in [0.15, 0.2) is 12.2 Å². The monoisotopic (exact) mass is 875 g/mol. The zero-order valence-electron chi connectivity index (χ0n) is 41.9. The molecule has 0 spiro atoms. The SMILES string of the molecule is CCCC/C=C\CCCCCCCC(=O)OC(COC(=O)CCCCCCCCCC)COC(=O)CCCCCCCCCCCCCCCCCCCCCCCCCCC. The van der Waals surface area contributed by atoms with Gasteiger partial charge in [0.05, 0.1) is 0 Å². The van der Waals surface area contributed by atoms with Gasteiger partial charge in [-0.05, 0) is 38.5 Å². The summed E-state index contributed by atoms with van der Waals surface area (Å²) in [6, 6.07) is 0. The summed E-state index contributed by atoms with van der Waals surface area (Å²) in [6.07, 6.45) is 58.0. The lowest BCUT2D eigenvalue weighted by Gasteiger charge is -2.18. The van der Waals surface area contributed by atoms with Crippen molar-refractivity contribution in [2.45, 2.75) is 316 Å². The van der Waals surface area contributed by atoms with E-state index in [4.69, 9.17) is 14.2 Å². The molecule has 0 N–H and O–H groups in total. The highest BCUT2D eigenvalue weighted by molar-refractivity contribution is 5.71. The number of rotatable bonds is 51. The van der Waals surface area contributed by atoms with Gasteiger partial charge in [0.2, 0.25) is 0 Å². The van der Waals surface area contributed by atoms with Crippen LogP contribution < -0.4 is 0 Å². The van der Waals surface area contributed by atoms with Crippen LogP contribution in [-0.2, 0) is 28.6 Å². The fourth-order valence-electron chi connectivity index (χ4n) is 8.31. The van der Waals surface area contributed by atoms with Gasteiger partial charge in [-0.15, -0.1) is 0 Å². The standard InChI is InChI=1S/C56H106O6/c1-4-7-10-13-16-19-21-22-23-24-25-26-27-28-29-30-31-32-33-34-36-37-40-43-46-49-55(58)61-52-53(51-60-54(57)48-45-42-39-18-15-12-9-6-3)62-56(59)50-47-44-41-38-35-20-17-14-11-8-5-2/h14,17,53H,4-13,15-16,18-52H2,1-3H3/b17-14-. The second-order valence-electron chi connectivity index (χ2n) is 18.9. The molecule has 0 aliphatic carbocycles. The van der Waals surface area contributed by atoms with Gasteiger partial charge in [0.25, 0.3) is 0 Å². The number of ether oxygens (including phenoxy) is 3. The highest BCUT2D eigenvalue weighted by Crippen LogP contribution is 2.17. The van der Waals surface area contributed by atoms with E-state index in [-0.39, 0.29) is 31.1 Å². The van der Waals surface area contributed by atoms with Crippen molar-refractivity contribution in [1.29, 1.82) is 0 Å². The molecule has 0 aliphatic heterocycles. The third-order valence-corrected chi connectivity index (χ3v) is 12.5. The molecule has 0 amide bonds. The van der Waals surface area contributed by atoms with Gasteiger partial charge < -0.3 is 14.2 Å². The van der Waals surface area contributed by atoms with Crippen LogP contribution in [0.5, 0.6) is 0 Å². The molecule has 0 radical (unpaired) electrons. The second kappa shape index (κ2) is 51.8. The smallest absolute Gasteiger partial charge is 0.306 e. The molecule has 6 heteroatoms. The maximum absolute atomic E-state index is 12.7. The minimum atomic E-state index is -0.766. The number of allylic oxidation sites excluding steroid dienone is 2. The van der Waals surface area contributed by atoms with Crippen LogP contribution >= 0.6 is 0 Å². The Morgan fingerprint density at radius 1 is 0.306 bits per heavy atom. The number of carbonyl (C=O) groups is 3. The molecule has 1 unspecified atom stereocenters. The van der Waals surface area contributed by atoms with Gasteiger partial charge in [0.1, 0.15) is 13.2 Å². The highest BCUT2D eigenvalue weighted by atomic mass is 16.6. The van der Waals surface area contributed by atoms with E-state index in [1.165, 1.54) is 205 Å². The number of carbonyl (C=O) groups excluding carboxylic acids is 3. The van der Waals surface area contributed by atoms with E-state index >= 15 is 0 Å². The van der Waals surface area contributed by atoms with Gasteiger partial charge >= 0.3 is 17.9 Å². The summed E-state index contributed by atoms with van der Waals surface area (Å²) in [6.45, 7) is 6.60. The first-order valence-corrected chi connectivity index (χ1v) is 27.7. The molecule has 6 nitrogen and oxygen atoms in total. The first-order valence-electron chi connectivity index (χ1n) is 27.7. The Morgan fingerprint density at radius 3 is 0.855 bits per heavy atom. The summed E-state index contributed by atoms with van der Waals surface area (Å²) in [7, 11) is 0. The third-order valence-electron chi connectivity index (χ3n) is 12.5. The summed E-state index contributed by atoms with van der Waals surface area (Å²) in [5.41, 5.74) is 0. The van der Waals surface area contributed by atoms with Crippen molar-refractivity contribution in [3.05, 3.63) is 12.2 Å². The minimum Gasteiger partial charge on any atom is -0.462 e. The van der Waals surface area contributed by atoms with E-state index < -0.39 is 6.10 Å². The summed E-state index contributed by atoms with van der Waals surface area (Å²) >= 11 is 0. The molecule has 0 aromatic carbocycles. The van der Waals surface area contributed by atoms with Gasteiger partial charge in [-0.25, -0.2) is 0 Å². The molecule has 1 atom stereocenters. The van der Waals surface area contributed by atoms with Crippen LogP contribution in [0.3, 0.4) is 0 Å². The topological polar surface area (TPSA) is 78.9 Å². The van der Waals surface area contributed by atoms with Gasteiger partial charge in [-0.3, -0.25) is 14.4 Å². The predicted octanol–water partition coefficient (Wildman–Crippen LogP) is 18.2. The first-order chi connectivity index (χ1) is 30.5. The van der Waals surface area contributed by atoms with Crippen LogP contribution in [0.2, 0.25) is 0 Å². The Balaban J connectivity index is 4.05. The third kappa shape index (κ3) is 49.2. The minimum absolute atomic E-state index is 0.0686. The molecule has 0 heterocycles. The Labute approximate surface area is 386 Å². The molecule has 62 heavy (non-hydrogen) atoms. The van der Waals surface area contributed by atoms with Crippen LogP contribution in [-0.4, -0.2) is 37.2 Å². The van der Waals surface area contributed by atoms with Crippen molar-refractivity contribution in [2.75, 3.05) is 13.2 Å². The van der Waals surface area contributed by atoms with E-state index in [0.29, 0.717) is 19.3 Å². The molecule has 0 aromatic heterocycles. The van der Waals surface area contributed by atoms with Crippen molar-refractivity contribution in [1.82, 2.24) is 0 Å². The molecule has 0 aromatic rings. The van der Waals surface area contributed by atoms with Crippen LogP contribution in [0.25, 0.3) is 0 Å². The maximum atomic E-state index is 12.7. The second-order valence-corrected chi connectivity index (χ2v) is 18.9. The molecule has 366 valence electrons. The zero-order valence-corrected chi connectivity index (χ0v) is 41.9. The molecular formula is C56H106O6. The number of hydrogen-bond acceptors (Lipinski definition) is 6. The Kier molecular flexibility index (Phi) is 50.2. The molecular weight excluding hydrogens is 769 g/mol. The van der Waals surface area contributed by atoms with E-state index in [2.05, 4.69) is 32.9 Å². The number of unbranched alkanes of at least 4 members (excludes halogenated alkanes) is 38. The van der Waals surface area contributed by atoms with Crippen LogP contribution in [0.4, 0.5) is 0 Å². The van der Waals surface area contributed by atoms with Gasteiger partial charge in [-0.1, -0.05) is 264 Å². The lowest BCUT2D eigenvalue weighted by Crippen LogP contribution is -2.30. The van der Waals surface area contributed by atoms with Gasteiger partial charge in [-0.2, -0.15) is 0 Å². The lowest BCUT2D eigenvalue weighted by molar-refractivity contribution is -0.167. The molecule has 0 fully saturated rings. The number of hydrogen-bond donors (Lipinski definition) is 0. The van der Waals surface area contributed by atoms with Crippen molar-refractivity contribution in [2.24, 2.45) is 0 Å². The van der Waals surface area contributed by atoms with Gasteiger partial charge in [0, 0.05) is 19.3 Å². The Hall–Kier alpha value is -1.85. The van der Waals surface area contributed by atoms with E-state index in [1.807, 2.05) is 0 Å². The molecule has 0 bridgehead atoms. The quantitative estimate of drug-likeness (QED) is 0.0262. The van der Waals surface area contributed by atoms with Crippen molar-refractivity contribution in [3.63, 3.8) is 0 Å². The summed E-state index contributed by atoms with van der Waals surface area (Å²) in [4.78, 5) is 37.8.